The summed E-state index contributed by atoms with van der Waals surface area (Å²) in [5, 5.41) is 11.3. The number of esters is 2. The number of anilines is 1. The van der Waals surface area contributed by atoms with Gasteiger partial charge in [0, 0.05) is 12.1 Å². The molecule has 2 aromatic carbocycles. The van der Waals surface area contributed by atoms with Crippen LogP contribution < -0.4 is 10.6 Å². The number of benzene rings is 2. The Bertz CT molecular complexity index is 1080. The summed E-state index contributed by atoms with van der Waals surface area (Å²) in [4.78, 5) is 29.7. The molecule has 2 heterocycles. The van der Waals surface area contributed by atoms with Crippen molar-refractivity contribution in [2.45, 2.75) is 45.4 Å². The van der Waals surface area contributed by atoms with Crippen LogP contribution in [-0.4, -0.2) is 37.3 Å². The van der Waals surface area contributed by atoms with Crippen LogP contribution in [-0.2, 0) is 42.7 Å². The SMILES string of the molecule is CCO/N=C(\C)c1ccc(CNc2c(Cl)ccc3c2CCNCC32OC(=O)CCC(=O)O2)cc1. The van der Waals surface area contributed by atoms with Crippen molar-refractivity contribution in [1.82, 2.24) is 5.32 Å². The summed E-state index contributed by atoms with van der Waals surface area (Å²) in [7, 11) is 0. The molecule has 2 aliphatic rings. The first-order chi connectivity index (χ1) is 16.4. The van der Waals surface area contributed by atoms with Crippen molar-refractivity contribution in [2.75, 3.05) is 25.0 Å². The number of nitrogens with one attached hydrogen (secondary N) is 2. The molecule has 1 saturated heterocycles. The van der Waals surface area contributed by atoms with Crippen molar-refractivity contribution in [3.8, 4) is 0 Å². The zero-order valence-corrected chi connectivity index (χ0v) is 20.0. The summed E-state index contributed by atoms with van der Waals surface area (Å²) in [6.45, 7) is 5.64. The van der Waals surface area contributed by atoms with Crippen LogP contribution in [0.5, 0.6) is 0 Å². The third-order valence-corrected chi connectivity index (χ3v) is 6.16. The minimum atomic E-state index is -1.50. The maximum Gasteiger partial charge on any atom is 0.309 e. The van der Waals surface area contributed by atoms with Gasteiger partial charge >= 0.3 is 11.9 Å². The van der Waals surface area contributed by atoms with Gasteiger partial charge in [0.2, 0.25) is 0 Å². The Morgan fingerprint density at radius 2 is 1.82 bits per heavy atom. The summed E-state index contributed by atoms with van der Waals surface area (Å²) in [5.41, 5.74) is 5.06. The molecule has 0 saturated carbocycles. The van der Waals surface area contributed by atoms with Crippen LogP contribution in [0.3, 0.4) is 0 Å². The molecule has 2 aliphatic heterocycles. The maximum atomic E-state index is 12.3. The first kappa shape index (κ1) is 24.0. The maximum absolute atomic E-state index is 12.3. The average molecular weight is 486 g/mol. The van der Waals surface area contributed by atoms with Gasteiger partial charge in [-0.3, -0.25) is 9.59 Å². The van der Waals surface area contributed by atoms with Crippen molar-refractivity contribution < 1.29 is 23.9 Å². The zero-order valence-electron chi connectivity index (χ0n) is 19.3. The van der Waals surface area contributed by atoms with E-state index in [2.05, 4.69) is 15.8 Å². The zero-order chi connectivity index (χ0) is 24.1. The fraction of sp³-hybridized carbons (Fsp3) is 0.400. The van der Waals surface area contributed by atoms with E-state index in [1.807, 2.05) is 38.1 Å². The number of halogens is 1. The first-order valence-corrected chi connectivity index (χ1v) is 11.8. The van der Waals surface area contributed by atoms with E-state index in [0.29, 0.717) is 36.7 Å². The molecule has 0 radical (unpaired) electrons. The van der Waals surface area contributed by atoms with Crippen LogP contribution in [0.2, 0.25) is 5.02 Å². The van der Waals surface area contributed by atoms with E-state index >= 15 is 0 Å². The first-order valence-electron chi connectivity index (χ1n) is 11.4. The summed E-state index contributed by atoms with van der Waals surface area (Å²) < 4.78 is 11.4. The standard InChI is InChI=1S/C25H28ClN3O5/c1-3-32-29-16(2)18-6-4-17(5-7-18)14-28-24-19-12-13-27-15-25(20(19)8-9-21(24)26)33-22(30)10-11-23(31)34-25/h4-9,27-28H,3,10-15H2,1-2H3/b29-16+. The number of hydrogen-bond donors (Lipinski definition) is 2. The van der Waals surface area contributed by atoms with Gasteiger partial charge < -0.3 is 24.9 Å². The highest BCUT2D eigenvalue weighted by Crippen LogP contribution is 2.40. The fourth-order valence-corrected chi connectivity index (χ4v) is 4.38. The molecule has 0 unspecified atom stereocenters. The Morgan fingerprint density at radius 1 is 1.12 bits per heavy atom. The highest BCUT2D eigenvalue weighted by atomic mass is 35.5. The Hall–Kier alpha value is -3.10. The Morgan fingerprint density at radius 3 is 2.50 bits per heavy atom. The summed E-state index contributed by atoms with van der Waals surface area (Å²) >= 11 is 6.58. The van der Waals surface area contributed by atoms with E-state index in [1.54, 1.807) is 12.1 Å². The molecule has 0 aromatic heterocycles. The van der Waals surface area contributed by atoms with Gasteiger partial charge in [0.05, 0.1) is 35.8 Å². The minimum Gasteiger partial charge on any atom is -0.416 e. The molecular weight excluding hydrogens is 458 g/mol. The smallest absolute Gasteiger partial charge is 0.309 e. The van der Waals surface area contributed by atoms with Gasteiger partial charge in [-0.05, 0) is 55.6 Å². The summed E-state index contributed by atoms with van der Waals surface area (Å²) in [6, 6.07) is 11.5. The monoisotopic (exact) mass is 485 g/mol. The number of rotatable bonds is 6. The lowest BCUT2D eigenvalue weighted by Crippen LogP contribution is -2.43. The molecule has 0 bridgehead atoms. The minimum absolute atomic E-state index is 0.000634. The topological polar surface area (TPSA) is 98.2 Å². The lowest BCUT2D eigenvalue weighted by Gasteiger charge is -2.32. The third-order valence-electron chi connectivity index (χ3n) is 5.84. The van der Waals surface area contributed by atoms with Crippen LogP contribution in [0.15, 0.2) is 41.6 Å². The lowest BCUT2D eigenvalue weighted by molar-refractivity contribution is -0.225. The molecular formula is C25H28ClN3O5. The van der Waals surface area contributed by atoms with Gasteiger partial charge in [-0.25, -0.2) is 0 Å². The van der Waals surface area contributed by atoms with Gasteiger partial charge in [0.15, 0.2) is 0 Å². The van der Waals surface area contributed by atoms with Gasteiger partial charge in [-0.1, -0.05) is 41.0 Å². The van der Waals surface area contributed by atoms with Crippen LogP contribution >= 0.6 is 11.6 Å². The molecule has 1 fully saturated rings. The predicted molar refractivity (Wildman–Crippen MR) is 129 cm³/mol. The largest absolute Gasteiger partial charge is 0.416 e. The quantitative estimate of drug-likeness (QED) is 0.364. The Balaban J connectivity index is 1.60. The molecule has 4 rings (SSSR count). The molecule has 2 N–H and O–H groups in total. The van der Waals surface area contributed by atoms with Gasteiger partial charge in [-0.2, -0.15) is 0 Å². The lowest BCUT2D eigenvalue weighted by atomic mass is 9.96. The fourth-order valence-electron chi connectivity index (χ4n) is 4.13. The van der Waals surface area contributed by atoms with E-state index in [4.69, 9.17) is 25.9 Å². The number of carbonyl (C=O) groups excluding carboxylic acids is 2. The van der Waals surface area contributed by atoms with Crippen LogP contribution in [0, 0.1) is 0 Å². The molecule has 34 heavy (non-hydrogen) atoms. The average Bonchev–Trinajstić information content (AvgIpc) is 3.09. The van der Waals surface area contributed by atoms with Crippen molar-refractivity contribution >= 4 is 34.9 Å². The molecule has 0 atom stereocenters. The Kier molecular flexibility index (Phi) is 7.38. The van der Waals surface area contributed by atoms with Gasteiger partial charge in [0.1, 0.15) is 6.61 Å². The summed E-state index contributed by atoms with van der Waals surface area (Å²) in [5.74, 6) is -2.43. The Labute approximate surface area is 203 Å². The molecule has 9 heteroatoms. The van der Waals surface area contributed by atoms with E-state index in [9.17, 15) is 9.59 Å². The second-order valence-electron chi connectivity index (χ2n) is 8.22. The number of fused-ring (bicyclic) bond motifs is 2. The second kappa shape index (κ2) is 10.4. The van der Waals surface area contributed by atoms with Gasteiger partial charge in [-0.15, -0.1) is 0 Å². The van der Waals surface area contributed by atoms with Crippen molar-refractivity contribution in [2.24, 2.45) is 5.16 Å². The number of ether oxygens (including phenoxy) is 2. The molecule has 8 nitrogen and oxygen atoms in total. The van der Waals surface area contributed by atoms with Crippen LogP contribution in [0.4, 0.5) is 5.69 Å². The van der Waals surface area contributed by atoms with Crippen molar-refractivity contribution in [3.63, 3.8) is 0 Å². The predicted octanol–water partition coefficient (Wildman–Crippen LogP) is 3.89. The van der Waals surface area contributed by atoms with Crippen LogP contribution in [0.25, 0.3) is 0 Å². The third kappa shape index (κ3) is 5.18. The van der Waals surface area contributed by atoms with Gasteiger partial charge in [0.25, 0.3) is 5.79 Å². The highest BCUT2D eigenvalue weighted by Gasteiger charge is 2.45. The number of hydrogen-bond acceptors (Lipinski definition) is 8. The van der Waals surface area contributed by atoms with E-state index in [1.165, 1.54) is 0 Å². The van der Waals surface area contributed by atoms with Crippen molar-refractivity contribution in [3.05, 3.63) is 63.7 Å². The van der Waals surface area contributed by atoms with E-state index in [0.717, 1.165) is 28.1 Å². The number of carbonyl (C=O) groups is 2. The van der Waals surface area contributed by atoms with Crippen molar-refractivity contribution in [1.29, 1.82) is 0 Å². The molecule has 180 valence electrons. The van der Waals surface area contributed by atoms with Crippen LogP contribution in [0.1, 0.15) is 48.9 Å². The van der Waals surface area contributed by atoms with E-state index in [-0.39, 0.29) is 19.4 Å². The highest BCUT2D eigenvalue weighted by molar-refractivity contribution is 6.33. The molecule has 0 amide bonds. The number of nitrogens with zero attached hydrogens (tertiary/aromatic N) is 1. The van der Waals surface area contributed by atoms with E-state index < -0.39 is 17.7 Å². The molecule has 1 spiro atoms. The number of oxime groups is 1. The summed E-state index contributed by atoms with van der Waals surface area (Å²) in [6.07, 6.45) is 0.625. The molecule has 0 aliphatic carbocycles. The molecule has 2 aromatic rings. The second-order valence-corrected chi connectivity index (χ2v) is 8.63. The normalized spacial score (nSPS) is 17.8.